The van der Waals surface area contributed by atoms with Gasteiger partial charge in [-0.25, -0.2) is 19.9 Å². The second-order valence-corrected chi connectivity index (χ2v) is 13.6. The van der Waals surface area contributed by atoms with Gasteiger partial charge in [0.1, 0.15) is 17.9 Å². The number of thioether (sulfide) groups is 2. The van der Waals surface area contributed by atoms with Crippen LogP contribution in [0, 0.1) is 11.8 Å². The topological polar surface area (TPSA) is 177 Å². The number of hydrogen-bond donors (Lipinski definition) is 2. The average Bonchev–Trinajstić information content (AvgIpc) is 2.80. The summed E-state index contributed by atoms with van der Waals surface area (Å²) in [5.74, 6) is -1.40. The van der Waals surface area contributed by atoms with Crippen molar-refractivity contribution in [3.8, 4) is 0 Å². The molecule has 0 aliphatic heterocycles. The molecule has 15 heteroatoms. The van der Waals surface area contributed by atoms with Crippen LogP contribution in [0.2, 0.25) is 0 Å². The maximum atomic E-state index is 13.8. The van der Waals surface area contributed by atoms with E-state index in [-0.39, 0.29) is 17.3 Å². The lowest BCUT2D eigenvalue weighted by Crippen LogP contribution is -2.35. The van der Waals surface area contributed by atoms with E-state index in [4.69, 9.17) is 9.11 Å². The molecule has 1 aliphatic rings. The van der Waals surface area contributed by atoms with Crippen molar-refractivity contribution in [1.82, 2.24) is 19.9 Å². The number of aromatic nitrogens is 4. The summed E-state index contributed by atoms with van der Waals surface area (Å²) in [6.07, 6.45) is 7.86. The third kappa shape index (κ3) is 8.75. The van der Waals surface area contributed by atoms with Crippen molar-refractivity contribution in [3.05, 3.63) is 48.6 Å². The van der Waals surface area contributed by atoms with Gasteiger partial charge in [0.15, 0.2) is 0 Å². The highest BCUT2D eigenvalue weighted by atomic mass is 32.2. The zero-order valence-electron chi connectivity index (χ0n) is 18.6. The molecule has 0 bridgehead atoms. The van der Waals surface area contributed by atoms with Gasteiger partial charge in [0, 0.05) is 41.9 Å². The van der Waals surface area contributed by atoms with Crippen molar-refractivity contribution in [3.63, 3.8) is 0 Å². The number of rotatable bonds is 12. The second-order valence-electron chi connectivity index (χ2n) is 7.94. The summed E-state index contributed by atoms with van der Waals surface area (Å²) in [5.41, 5.74) is 0.589. The monoisotopic (exact) mass is 562 g/mol. The van der Waals surface area contributed by atoms with Crippen LogP contribution in [-0.2, 0) is 25.0 Å². The molecule has 4 unspecified atom stereocenters. The Balaban J connectivity index is 1.86. The molecule has 2 aromatic heterocycles. The number of Topliss-reactive ketones (excluding diaryl/α,β-unsaturated/α-hetero) is 1. The molecule has 1 saturated carbocycles. The molecule has 0 amide bonds. The minimum atomic E-state index is -4.16. The highest BCUT2D eigenvalue weighted by Crippen LogP contribution is 2.47. The highest BCUT2D eigenvalue weighted by molar-refractivity contribution is 8.00. The Morgan fingerprint density at radius 1 is 0.886 bits per heavy atom. The van der Waals surface area contributed by atoms with Crippen molar-refractivity contribution < 1.29 is 30.7 Å². The van der Waals surface area contributed by atoms with Crippen molar-refractivity contribution >= 4 is 49.5 Å². The Morgan fingerprint density at radius 3 is 2.00 bits per heavy atom. The van der Waals surface area contributed by atoms with Gasteiger partial charge in [-0.15, -0.1) is 11.8 Å². The quantitative estimate of drug-likeness (QED) is 0.360. The SMILES string of the molecule is O=C1C(C(SCCS(=O)(=O)O)c2ccncn2)CCCC1C(SCCS(=O)(=O)O)c1ncccn1. The van der Waals surface area contributed by atoms with Gasteiger partial charge in [-0.3, -0.25) is 13.9 Å². The van der Waals surface area contributed by atoms with Gasteiger partial charge in [0.2, 0.25) is 0 Å². The molecule has 0 radical (unpaired) electrons. The third-order valence-electron chi connectivity index (χ3n) is 5.51. The average molecular weight is 563 g/mol. The van der Waals surface area contributed by atoms with Crippen LogP contribution < -0.4 is 0 Å². The lowest BCUT2D eigenvalue weighted by atomic mass is 9.76. The summed E-state index contributed by atoms with van der Waals surface area (Å²) in [6.45, 7) is 0. The maximum Gasteiger partial charge on any atom is 0.265 e. The Bertz CT molecular complexity index is 1090. The molecule has 0 aromatic carbocycles. The molecule has 192 valence electrons. The van der Waals surface area contributed by atoms with Gasteiger partial charge < -0.3 is 0 Å². The van der Waals surface area contributed by atoms with Gasteiger partial charge in [-0.05, 0) is 25.0 Å². The fourth-order valence-electron chi connectivity index (χ4n) is 3.98. The number of hydrogen-bond acceptors (Lipinski definition) is 11. The van der Waals surface area contributed by atoms with Crippen LogP contribution in [0.1, 0.15) is 41.3 Å². The molecule has 0 saturated heterocycles. The largest absolute Gasteiger partial charge is 0.299 e. The molecule has 11 nitrogen and oxygen atoms in total. The third-order valence-corrected chi connectivity index (χ3v) is 10.2. The molecule has 1 fully saturated rings. The lowest BCUT2D eigenvalue weighted by Gasteiger charge is -2.35. The van der Waals surface area contributed by atoms with Gasteiger partial charge in [-0.1, -0.05) is 6.42 Å². The van der Waals surface area contributed by atoms with E-state index in [2.05, 4.69) is 19.9 Å². The molecular formula is C20H26N4O7S4. The minimum Gasteiger partial charge on any atom is -0.299 e. The Morgan fingerprint density at radius 2 is 1.46 bits per heavy atom. The maximum absolute atomic E-state index is 13.8. The van der Waals surface area contributed by atoms with Gasteiger partial charge in [0.05, 0.1) is 27.7 Å². The van der Waals surface area contributed by atoms with Gasteiger partial charge in [0.25, 0.3) is 20.2 Å². The molecule has 2 N–H and O–H groups in total. The number of carbonyl (C=O) groups is 1. The van der Waals surface area contributed by atoms with Crippen LogP contribution in [0.15, 0.2) is 37.1 Å². The molecule has 0 spiro atoms. The molecular weight excluding hydrogens is 537 g/mol. The summed E-state index contributed by atoms with van der Waals surface area (Å²) in [5, 5.41) is -0.961. The molecule has 4 atom stereocenters. The van der Waals surface area contributed by atoms with E-state index in [9.17, 15) is 21.6 Å². The lowest BCUT2D eigenvalue weighted by molar-refractivity contribution is -0.129. The molecule has 2 heterocycles. The molecule has 3 rings (SSSR count). The van der Waals surface area contributed by atoms with E-state index in [1.807, 2.05) is 0 Å². The first-order chi connectivity index (χ1) is 16.6. The summed E-state index contributed by atoms with van der Waals surface area (Å²) >= 11 is 2.45. The van der Waals surface area contributed by atoms with Crippen LogP contribution in [0.5, 0.6) is 0 Å². The Labute approximate surface area is 212 Å². The summed E-state index contributed by atoms with van der Waals surface area (Å²) in [4.78, 5) is 30.6. The van der Waals surface area contributed by atoms with E-state index in [1.54, 1.807) is 30.7 Å². The Hall–Kier alpha value is -1.65. The minimum absolute atomic E-state index is 0.0592. The molecule has 2 aromatic rings. The van der Waals surface area contributed by atoms with Crippen LogP contribution in [0.25, 0.3) is 0 Å². The van der Waals surface area contributed by atoms with E-state index in [0.717, 1.165) is 0 Å². The predicted octanol–water partition coefficient (Wildman–Crippen LogP) is 2.28. The first kappa shape index (κ1) is 27.9. The normalized spacial score (nSPS) is 20.9. The van der Waals surface area contributed by atoms with Crippen molar-refractivity contribution in [1.29, 1.82) is 0 Å². The van der Waals surface area contributed by atoms with Gasteiger partial charge >= 0.3 is 0 Å². The zero-order valence-corrected chi connectivity index (χ0v) is 21.8. The van der Waals surface area contributed by atoms with Crippen LogP contribution in [0.3, 0.4) is 0 Å². The smallest absolute Gasteiger partial charge is 0.265 e. The summed E-state index contributed by atoms with van der Waals surface area (Å²) in [6, 6.07) is 3.33. The Kier molecular flexibility index (Phi) is 10.0. The second kappa shape index (κ2) is 12.5. The van der Waals surface area contributed by atoms with Crippen LogP contribution in [-0.4, -0.2) is 74.7 Å². The van der Waals surface area contributed by atoms with E-state index < -0.39 is 54.1 Å². The van der Waals surface area contributed by atoms with Crippen molar-refractivity contribution in [2.45, 2.75) is 29.8 Å². The van der Waals surface area contributed by atoms with Crippen molar-refractivity contribution in [2.75, 3.05) is 23.0 Å². The number of ketones is 1. The van der Waals surface area contributed by atoms with Crippen molar-refractivity contribution in [2.24, 2.45) is 11.8 Å². The highest BCUT2D eigenvalue weighted by Gasteiger charge is 2.42. The number of carbonyl (C=O) groups excluding carboxylic acids is 1. The number of nitrogens with zero attached hydrogens (tertiary/aromatic N) is 4. The first-order valence-corrected chi connectivity index (χ1v) is 16.1. The standard InChI is InChI=1S/C20H26N4O7S4/c25-17-14(18(16-5-8-21-13-24-16)32-9-11-34(26,27)28)3-1-4-15(17)19(20-22-6-2-7-23-20)33-10-12-35(29,30)31/h2,5-8,13-15,18-19H,1,3-4,9-12H2,(H,26,27,28)(H,29,30,31). The summed E-state index contributed by atoms with van der Waals surface area (Å²) in [7, 11) is -8.32. The zero-order chi connectivity index (χ0) is 25.5. The first-order valence-electron chi connectivity index (χ1n) is 10.8. The van der Waals surface area contributed by atoms with E-state index in [0.29, 0.717) is 30.8 Å². The molecule has 35 heavy (non-hydrogen) atoms. The predicted molar refractivity (Wildman–Crippen MR) is 133 cm³/mol. The summed E-state index contributed by atoms with van der Waals surface area (Å²) < 4.78 is 63.2. The van der Waals surface area contributed by atoms with E-state index in [1.165, 1.54) is 29.9 Å². The van der Waals surface area contributed by atoms with Crippen LogP contribution >= 0.6 is 23.5 Å². The molecule has 1 aliphatic carbocycles. The van der Waals surface area contributed by atoms with Gasteiger partial charge in [-0.2, -0.15) is 28.6 Å². The van der Waals surface area contributed by atoms with Crippen LogP contribution in [0.4, 0.5) is 0 Å². The van der Waals surface area contributed by atoms with E-state index >= 15 is 0 Å². The fourth-order valence-corrected chi connectivity index (χ4v) is 8.53. The fraction of sp³-hybridized carbons (Fsp3) is 0.550.